The zero-order valence-electron chi connectivity index (χ0n) is 17.1. The summed E-state index contributed by atoms with van der Waals surface area (Å²) in [5.74, 6) is -0.241. The fourth-order valence-corrected chi connectivity index (χ4v) is 2.66. The molecule has 3 aromatic heterocycles. The normalized spacial score (nSPS) is 11.4. The van der Waals surface area contributed by atoms with E-state index in [1.165, 1.54) is 18.6 Å². The van der Waals surface area contributed by atoms with Crippen molar-refractivity contribution >= 4 is 11.9 Å². The number of carbonyl (C=O) groups is 2. The molecule has 0 spiro atoms. The Labute approximate surface area is 183 Å². The van der Waals surface area contributed by atoms with Crippen molar-refractivity contribution in [3.05, 3.63) is 54.7 Å². The summed E-state index contributed by atoms with van der Waals surface area (Å²) in [7, 11) is 0. The Morgan fingerprint density at radius 3 is 2.62 bits per heavy atom. The largest absolute Gasteiger partial charge is 0.488 e. The number of aromatic nitrogens is 4. The molecule has 0 aliphatic rings. The first kappa shape index (κ1) is 22.6. The molecule has 11 nitrogen and oxygen atoms in total. The van der Waals surface area contributed by atoms with Gasteiger partial charge in [-0.1, -0.05) is 0 Å². The number of aliphatic hydroxyl groups is 1. The van der Waals surface area contributed by atoms with Crippen LogP contribution in [-0.4, -0.2) is 61.3 Å². The smallest absolute Gasteiger partial charge is 0.305 e. The fraction of sp³-hybridized carbons (Fsp3) is 0.238. The minimum Gasteiger partial charge on any atom is -0.488 e. The van der Waals surface area contributed by atoms with Crippen molar-refractivity contribution in [2.75, 3.05) is 13.2 Å². The predicted molar refractivity (Wildman–Crippen MR) is 111 cm³/mol. The lowest BCUT2D eigenvalue weighted by atomic mass is 10.2. The molecule has 0 saturated heterocycles. The quantitative estimate of drug-likeness (QED) is 0.425. The lowest BCUT2D eigenvalue weighted by molar-refractivity contribution is -0.137. The highest BCUT2D eigenvalue weighted by atomic mass is 16.5. The number of amides is 1. The van der Waals surface area contributed by atoms with Gasteiger partial charge in [-0.3, -0.25) is 14.6 Å². The average molecular weight is 439 g/mol. The Kier molecular flexibility index (Phi) is 7.60. The summed E-state index contributed by atoms with van der Waals surface area (Å²) >= 11 is 0. The maximum Gasteiger partial charge on any atom is 0.305 e. The summed E-state index contributed by atoms with van der Waals surface area (Å²) in [5, 5.41) is 20.4. The summed E-state index contributed by atoms with van der Waals surface area (Å²) in [6, 6.07) is 4.24. The van der Waals surface area contributed by atoms with Crippen molar-refractivity contribution in [2.24, 2.45) is 0 Å². The summed E-state index contributed by atoms with van der Waals surface area (Å²) in [6.45, 7) is 1.82. The zero-order valence-corrected chi connectivity index (χ0v) is 17.1. The summed E-state index contributed by atoms with van der Waals surface area (Å²) in [4.78, 5) is 39.7. The van der Waals surface area contributed by atoms with Gasteiger partial charge in [-0.2, -0.15) is 0 Å². The van der Waals surface area contributed by atoms with Crippen LogP contribution in [0.2, 0.25) is 0 Å². The molecule has 1 atom stereocenters. The second kappa shape index (κ2) is 10.8. The van der Waals surface area contributed by atoms with E-state index in [0.717, 1.165) is 0 Å². The maximum absolute atomic E-state index is 12.2. The van der Waals surface area contributed by atoms with Gasteiger partial charge in [-0.25, -0.2) is 15.0 Å². The van der Waals surface area contributed by atoms with Gasteiger partial charge >= 0.3 is 5.97 Å². The van der Waals surface area contributed by atoms with Crippen LogP contribution in [0, 0.1) is 0 Å². The number of aliphatic hydroxyl groups excluding tert-OH is 1. The molecule has 1 amide bonds. The van der Waals surface area contributed by atoms with Crippen LogP contribution < -0.4 is 14.8 Å². The number of nitrogens with zero attached hydrogens (tertiary/aromatic N) is 4. The first-order valence-electron chi connectivity index (χ1n) is 9.66. The molecule has 0 aromatic carbocycles. The standard InChI is InChI=1S/C21H21N5O6/c1-2-31-17-4-3-5-23-21(17)32-16-6-13(8-22-11-16)19-24-9-14(10-25-19)20(30)26-15(12-27)7-18(28)29/h3-6,8-11,15,27H,2,7,12H2,1H3,(H,26,30)(H,28,29)/t15-/m0/s1. The summed E-state index contributed by atoms with van der Waals surface area (Å²) in [5.41, 5.74) is 0.662. The summed E-state index contributed by atoms with van der Waals surface area (Å²) < 4.78 is 11.3. The molecule has 0 bridgehead atoms. The van der Waals surface area contributed by atoms with Gasteiger partial charge in [0.2, 0.25) is 0 Å². The van der Waals surface area contributed by atoms with E-state index in [9.17, 15) is 14.7 Å². The second-order valence-corrected chi connectivity index (χ2v) is 6.50. The zero-order chi connectivity index (χ0) is 22.9. The highest BCUT2D eigenvalue weighted by Gasteiger charge is 2.17. The number of carboxylic acids is 1. The van der Waals surface area contributed by atoms with E-state index >= 15 is 0 Å². The van der Waals surface area contributed by atoms with Crippen molar-refractivity contribution in [3.63, 3.8) is 0 Å². The molecule has 0 saturated carbocycles. The second-order valence-electron chi connectivity index (χ2n) is 6.50. The molecular weight excluding hydrogens is 418 g/mol. The van der Waals surface area contributed by atoms with Gasteiger partial charge in [0.25, 0.3) is 11.8 Å². The van der Waals surface area contributed by atoms with Crippen molar-refractivity contribution in [1.29, 1.82) is 0 Å². The minimum atomic E-state index is -1.13. The number of hydrogen-bond acceptors (Lipinski definition) is 9. The minimum absolute atomic E-state index is 0.118. The Hall–Kier alpha value is -4.12. The Morgan fingerprint density at radius 2 is 1.94 bits per heavy atom. The van der Waals surface area contributed by atoms with E-state index in [4.69, 9.17) is 14.6 Å². The lowest BCUT2D eigenvalue weighted by Crippen LogP contribution is -2.39. The predicted octanol–water partition coefficient (Wildman–Crippen LogP) is 1.69. The van der Waals surface area contributed by atoms with Gasteiger partial charge < -0.3 is 25.0 Å². The van der Waals surface area contributed by atoms with E-state index < -0.39 is 30.9 Å². The van der Waals surface area contributed by atoms with Crippen molar-refractivity contribution in [1.82, 2.24) is 25.3 Å². The number of pyridine rings is 2. The molecular formula is C21H21N5O6. The first-order chi connectivity index (χ1) is 15.5. The van der Waals surface area contributed by atoms with Crippen LogP contribution in [0.15, 0.2) is 49.2 Å². The van der Waals surface area contributed by atoms with Crippen LogP contribution in [0.4, 0.5) is 0 Å². The van der Waals surface area contributed by atoms with E-state index in [2.05, 4.69) is 25.3 Å². The highest BCUT2D eigenvalue weighted by molar-refractivity contribution is 5.94. The highest BCUT2D eigenvalue weighted by Crippen LogP contribution is 2.30. The van der Waals surface area contributed by atoms with Crippen LogP contribution in [0.25, 0.3) is 11.4 Å². The van der Waals surface area contributed by atoms with Crippen LogP contribution in [-0.2, 0) is 4.79 Å². The Balaban J connectivity index is 1.73. The fourth-order valence-electron chi connectivity index (χ4n) is 2.66. The Morgan fingerprint density at radius 1 is 1.16 bits per heavy atom. The van der Waals surface area contributed by atoms with Gasteiger partial charge in [0.05, 0.1) is 37.4 Å². The molecule has 0 unspecified atom stereocenters. The van der Waals surface area contributed by atoms with E-state index in [0.29, 0.717) is 35.4 Å². The number of rotatable bonds is 10. The van der Waals surface area contributed by atoms with Gasteiger partial charge in [-0.15, -0.1) is 0 Å². The number of carboxylic acid groups (broad SMARTS) is 1. The van der Waals surface area contributed by atoms with Crippen molar-refractivity contribution < 1.29 is 29.3 Å². The lowest BCUT2D eigenvalue weighted by Gasteiger charge is -2.13. The van der Waals surface area contributed by atoms with E-state index in [1.54, 1.807) is 30.6 Å². The van der Waals surface area contributed by atoms with Gasteiger partial charge in [0, 0.05) is 30.4 Å². The molecule has 0 aliphatic carbocycles. The maximum atomic E-state index is 12.2. The molecule has 0 aliphatic heterocycles. The number of aliphatic carboxylic acids is 1. The Bertz CT molecular complexity index is 1080. The molecule has 166 valence electrons. The third-order valence-electron chi connectivity index (χ3n) is 4.11. The molecule has 32 heavy (non-hydrogen) atoms. The van der Waals surface area contributed by atoms with Crippen LogP contribution in [0.1, 0.15) is 23.7 Å². The number of carbonyl (C=O) groups excluding carboxylic acids is 1. The molecule has 0 radical (unpaired) electrons. The molecule has 0 fully saturated rings. The molecule has 3 rings (SSSR count). The van der Waals surface area contributed by atoms with E-state index in [-0.39, 0.29) is 5.56 Å². The third kappa shape index (κ3) is 5.95. The number of nitrogens with one attached hydrogen (secondary N) is 1. The number of ether oxygens (including phenoxy) is 2. The van der Waals surface area contributed by atoms with Crippen molar-refractivity contribution in [3.8, 4) is 28.8 Å². The van der Waals surface area contributed by atoms with Crippen LogP contribution in [0.3, 0.4) is 0 Å². The number of hydrogen-bond donors (Lipinski definition) is 3. The molecule has 3 N–H and O–H groups in total. The monoisotopic (exact) mass is 439 g/mol. The third-order valence-corrected chi connectivity index (χ3v) is 4.11. The SMILES string of the molecule is CCOc1cccnc1Oc1cncc(-c2ncc(C(=O)N[C@H](CO)CC(=O)O)cn2)c1. The van der Waals surface area contributed by atoms with Gasteiger partial charge in [0.15, 0.2) is 11.6 Å². The molecule has 3 heterocycles. The van der Waals surface area contributed by atoms with Gasteiger partial charge in [-0.05, 0) is 25.1 Å². The van der Waals surface area contributed by atoms with Gasteiger partial charge in [0.1, 0.15) is 5.75 Å². The molecule has 11 heteroatoms. The van der Waals surface area contributed by atoms with Crippen LogP contribution >= 0.6 is 0 Å². The van der Waals surface area contributed by atoms with Crippen molar-refractivity contribution in [2.45, 2.75) is 19.4 Å². The molecule has 3 aromatic rings. The van der Waals surface area contributed by atoms with Crippen LogP contribution in [0.5, 0.6) is 17.4 Å². The van der Waals surface area contributed by atoms with E-state index in [1.807, 2.05) is 6.92 Å². The summed E-state index contributed by atoms with van der Waals surface area (Å²) in [6.07, 6.45) is 6.82. The topological polar surface area (TPSA) is 157 Å². The first-order valence-corrected chi connectivity index (χ1v) is 9.66. The average Bonchev–Trinajstić information content (AvgIpc) is 2.80.